The third-order valence-corrected chi connectivity index (χ3v) is 5.01. The monoisotopic (exact) mass is 380 g/mol. The lowest BCUT2D eigenvalue weighted by Crippen LogP contribution is -2.50. The van der Waals surface area contributed by atoms with Crippen molar-refractivity contribution in [3.63, 3.8) is 0 Å². The van der Waals surface area contributed by atoms with Crippen molar-refractivity contribution in [1.29, 1.82) is 0 Å². The first-order valence-electron chi connectivity index (χ1n) is 9.67. The number of imide groups is 1. The number of nitrogens with one attached hydrogen (secondary N) is 1. The summed E-state index contributed by atoms with van der Waals surface area (Å²) >= 11 is 0. The quantitative estimate of drug-likeness (QED) is 0.845. The molecule has 5 nitrogen and oxygen atoms in total. The van der Waals surface area contributed by atoms with Gasteiger partial charge in [-0.05, 0) is 41.5 Å². The molecule has 1 aliphatic heterocycles. The Balaban J connectivity index is 2.05. The number of hydrogen-bond donors (Lipinski definition) is 1. The van der Waals surface area contributed by atoms with Gasteiger partial charge in [0, 0.05) is 18.5 Å². The summed E-state index contributed by atoms with van der Waals surface area (Å²) in [4.78, 5) is 26.1. The molecule has 0 saturated carbocycles. The van der Waals surface area contributed by atoms with E-state index < -0.39 is 0 Å². The molecule has 0 aliphatic carbocycles. The van der Waals surface area contributed by atoms with Gasteiger partial charge in [-0.25, -0.2) is 9.69 Å². The maximum Gasteiger partial charge on any atom is 0.328 e. The summed E-state index contributed by atoms with van der Waals surface area (Å²) in [5.74, 6) is 0.653. The van der Waals surface area contributed by atoms with Crippen LogP contribution >= 0.6 is 0 Å². The van der Waals surface area contributed by atoms with Gasteiger partial charge in [0.25, 0.3) is 0 Å². The van der Waals surface area contributed by atoms with Gasteiger partial charge in [-0.2, -0.15) is 0 Å². The minimum atomic E-state index is -0.365. The van der Waals surface area contributed by atoms with E-state index in [9.17, 15) is 9.59 Å². The number of aryl methyl sites for hydroxylation is 2. The summed E-state index contributed by atoms with van der Waals surface area (Å²) in [5, 5.41) is 2.76. The average molecular weight is 380 g/mol. The van der Waals surface area contributed by atoms with E-state index in [1.165, 1.54) is 10.5 Å². The molecule has 0 aromatic heterocycles. The summed E-state index contributed by atoms with van der Waals surface area (Å²) in [6.07, 6.45) is 1.92. The van der Waals surface area contributed by atoms with Crippen molar-refractivity contribution in [3.05, 3.63) is 59.2 Å². The number of amides is 3. The van der Waals surface area contributed by atoms with Crippen molar-refractivity contribution in [1.82, 2.24) is 5.32 Å². The van der Waals surface area contributed by atoms with Gasteiger partial charge >= 0.3 is 6.03 Å². The molecule has 1 heterocycles. The fourth-order valence-electron chi connectivity index (χ4n) is 3.55. The van der Waals surface area contributed by atoms with Crippen LogP contribution in [0.4, 0.5) is 10.5 Å². The van der Waals surface area contributed by atoms with Crippen LogP contribution in [0.1, 0.15) is 43.9 Å². The molecule has 148 valence electrons. The Morgan fingerprint density at radius 2 is 1.79 bits per heavy atom. The number of carbonyl (C=O) groups is 2. The molecule has 0 bridgehead atoms. The molecular weight excluding hydrogens is 352 g/mol. The van der Waals surface area contributed by atoms with E-state index in [-0.39, 0.29) is 17.4 Å². The van der Waals surface area contributed by atoms with Gasteiger partial charge in [-0.3, -0.25) is 4.79 Å². The van der Waals surface area contributed by atoms with Gasteiger partial charge in [0.05, 0.1) is 12.8 Å². The molecule has 3 amide bonds. The van der Waals surface area contributed by atoms with Crippen LogP contribution in [0.15, 0.2) is 42.5 Å². The molecule has 5 heteroatoms. The number of carbonyl (C=O) groups excluding carboxylic acids is 2. The first-order valence-corrected chi connectivity index (χ1v) is 9.67. The number of rotatable bonds is 5. The topological polar surface area (TPSA) is 58.6 Å². The third-order valence-electron chi connectivity index (χ3n) is 5.01. The Labute approximate surface area is 166 Å². The Kier molecular flexibility index (Phi) is 5.73. The van der Waals surface area contributed by atoms with E-state index in [1.54, 1.807) is 7.11 Å². The van der Waals surface area contributed by atoms with Crippen molar-refractivity contribution < 1.29 is 14.3 Å². The molecular formula is C23H28N2O3. The van der Waals surface area contributed by atoms with Crippen LogP contribution in [0.2, 0.25) is 0 Å². The van der Waals surface area contributed by atoms with E-state index in [4.69, 9.17) is 4.74 Å². The zero-order chi connectivity index (χ0) is 20.3. The highest BCUT2D eigenvalue weighted by atomic mass is 16.5. The van der Waals surface area contributed by atoms with Crippen molar-refractivity contribution in [2.75, 3.05) is 18.6 Å². The third kappa shape index (κ3) is 4.19. The van der Waals surface area contributed by atoms with Crippen LogP contribution in [-0.2, 0) is 23.1 Å². The first kappa shape index (κ1) is 19.9. The fourth-order valence-corrected chi connectivity index (χ4v) is 3.55. The molecule has 2 aromatic carbocycles. The number of urea groups is 1. The molecule has 3 rings (SSSR count). The molecule has 1 fully saturated rings. The average Bonchev–Trinajstić information content (AvgIpc) is 2.66. The van der Waals surface area contributed by atoms with Gasteiger partial charge < -0.3 is 10.1 Å². The standard InChI is InChI=1S/C23H28N2O3/c1-23(2,3)19-15-18(25-20(26)12-13-24-22(25)27)14-17(21(19)28-4)11-10-16-8-6-5-7-9-16/h5-9,14-15H,10-13H2,1-4H3,(H,24,27). The lowest BCUT2D eigenvalue weighted by Gasteiger charge is -2.30. The summed E-state index contributed by atoms with van der Waals surface area (Å²) < 4.78 is 5.78. The lowest BCUT2D eigenvalue weighted by molar-refractivity contribution is -0.118. The number of ether oxygens (including phenoxy) is 1. The predicted octanol–water partition coefficient (Wildman–Crippen LogP) is 4.22. The van der Waals surface area contributed by atoms with E-state index >= 15 is 0 Å². The minimum absolute atomic E-state index is 0.178. The van der Waals surface area contributed by atoms with Crippen LogP contribution in [0, 0.1) is 0 Å². The molecule has 1 N–H and O–H groups in total. The van der Waals surface area contributed by atoms with Crippen molar-refractivity contribution in [2.45, 2.75) is 45.4 Å². The van der Waals surface area contributed by atoms with Crippen LogP contribution in [-0.4, -0.2) is 25.6 Å². The summed E-state index contributed by atoms with van der Waals surface area (Å²) in [5.41, 5.74) is 3.63. The number of nitrogens with zero attached hydrogens (tertiary/aromatic N) is 1. The van der Waals surface area contributed by atoms with Crippen LogP contribution in [0.3, 0.4) is 0 Å². The Morgan fingerprint density at radius 1 is 1.07 bits per heavy atom. The molecule has 0 atom stereocenters. The molecule has 0 radical (unpaired) electrons. The summed E-state index contributed by atoms with van der Waals surface area (Å²) in [7, 11) is 1.68. The van der Waals surface area contributed by atoms with Gasteiger partial charge in [0.15, 0.2) is 0 Å². The second-order valence-corrected chi connectivity index (χ2v) is 8.13. The van der Waals surface area contributed by atoms with Gasteiger partial charge in [0.1, 0.15) is 5.75 Å². The Morgan fingerprint density at radius 3 is 2.39 bits per heavy atom. The first-order chi connectivity index (χ1) is 13.3. The maximum atomic E-state index is 12.4. The van der Waals surface area contributed by atoms with Crippen molar-refractivity contribution in [3.8, 4) is 5.75 Å². The van der Waals surface area contributed by atoms with Gasteiger partial charge in [0.2, 0.25) is 5.91 Å². The van der Waals surface area contributed by atoms with Gasteiger partial charge in [-0.1, -0.05) is 51.1 Å². The van der Waals surface area contributed by atoms with Crippen molar-refractivity contribution in [2.24, 2.45) is 0 Å². The van der Waals surface area contributed by atoms with E-state index in [0.717, 1.165) is 29.7 Å². The highest BCUT2D eigenvalue weighted by Crippen LogP contribution is 2.38. The summed E-state index contributed by atoms with van der Waals surface area (Å²) in [6.45, 7) is 6.70. The van der Waals surface area contributed by atoms with Crippen LogP contribution < -0.4 is 15.0 Å². The molecule has 28 heavy (non-hydrogen) atoms. The van der Waals surface area contributed by atoms with E-state index in [1.807, 2.05) is 30.3 Å². The Hall–Kier alpha value is -2.82. The van der Waals surface area contributed by atoms with Crippen molar-refractivity contribution >= 4 is 17.6 Å². The number of methoxy groups -OCH3 is 1. The van der Waals surface area contributed by atoms with E-state index in [2.05, 4.69) is 38.2 Å². The lowest BCUT2D eigenvalue weighted by atomic mass is 9.83. The van der Waals surface area contributed by atoms with Gasteiger partial charge in [-0.15, -0.1) is 0 Å². The molecule has 1 aliphatic rings. The van der Waals surface area contributed by atoms with Crippen LogP contribution in [0.25, 0.3) is 0 Å². The predicted molar refractivity (Wildman–Crippen MR) is 111 cm³/mol. The molecule has 1 saturated heterocycles. The smallest absolute Gasteiger partial charge is 0.328 e. The normalized spacial score (nSPS) is 14.8. The molecule has 0 spiro atoms. The summed E-state index contributed by atoms with van der Waals surface area (Å²) in [6, 6.07) is 13.7. The largest absolute Gasteiger partial charge is 0.496 e. The van der Waals surface area contributed by atoms with Crippen LogP contribution in [0.5, 0.6) is 5.75 Å². The minimum Gasteiger partial charge on any atom is -0.496 e. The maximum absolute atomic E-state index is 12.4. The second kappa shape index (κ2) is 8.05. The zero-order valence-corrected chi connectivity index (χ0v) is 17.0. The highest BCUT2D eigenvalue weighted by molar-refractivity contribution is 6.15. The number of anilines is 1. The highest BCUT2D eigenvalue weighted by Gasteiger charge is 2.30. The Bertz CT molecular complexity index is 853. The SMILES string of the molecule is COc1c(CCc2ccccc2)cc(N2C(=O)CCNC2=O)cc1C(C)(C)C. The molecule has 0 unspecified atom stereocenters. The fraction of sp³-hybridized carbons (Fsp3) is 0.391. The number of benzene rings is 2. The van der Waals surface area contributed by atoms with E-state index in [0.29, 0.717) is 18.7 Å². The molecule has 2 aromatic rings. The number of hydrogen-bond acceptors (Lipinski definition) is 3. The second-order valence-electron chi connectivity index (χ2n) is 8.13. The zero-order valence-electron chi connectivity index (χ0n) is 17.0.